The van der Waals surface area contributed by atoms with Crippen LogP contribution in [-0.2, 0) is 10.0 Å². The van der Waals surface area contributed by atoms with E-state index in [0.29, 0.717) is 18.1 Å². The predicted octanol–water partition coefficient (Wildman–Crippen LogP) is 1.45. The average Bonchev–Trinajstić information content (AvgIpc) is 2.16. The first-order chi connectivity index (χ1) is 6.64. The fraction of sp³-hybridized carbons (Fsp3) is 0.375. The second kappa shape index (κ2) is 5.17. The molecule has 1 heterocycles. The van der Waals surface area contributed by atoms with E-state index in [2.05, 4.69) is 9.71 Å². The Morgan fingerprint density at radius 3 is 2.79 bits per heavy atom. The van der Waals surface area contributed by atoms with E-state index >= 15 is 0 Å². The van der Waals surface area contributed by atoms with Crippen molar-refractivity contribution in [1.29, 1.82) is 0 Å². The quantitative estimate of drug-likeness (QED) is 0.785. The molecule has 0 atom stereocenters. The summed E-state index contributed by atoms with van der Waals surface area (Å²) in [4.78, 5) is 3.85. The van der Waals surface area contributed by atoms with Crippen LogP contribution in [0.4, 0.5) is 5.82 Å². The zero-order valence-corrected chi connectivity index (χ0v) is 9.05. The Kier molecular flexibility index (Phi) is 4.16. The van der Waals surface area contributed by atoms with Crippen LogP contribution < -0.4 is 4.72 Å². The molecule has 0 aliphatic heterocycles. The Bertz CT molecular complexity index is 366. The van der Waals surface area contributed by atoms with Crippen molar-refractivity contribution in [1.82, 2.24) is 4.98 Å². The van der Waals surface area contributed by atoms with Crippen LogP contribution in [-0.4, -0.2) is 25.0 Å². The first-order valence-electron chi connectivity index (χ1n) is 4.11. The van der Waals surface area contributed by atoms with Crippen LogP contribution in [0.3, 0.4) is 0 Å². The maximum atomic E-state index is 11.3. The number of halogens is 1. The minimum absolute atomic E-state index is 0.0209. The third kappa shape index (κ3) is 3.93. The van der Waals surface area contributed by atoms with Crippen LogP contribution in [0.2, 0.25) is 0 Å². The zero-order valence-electron chi connectivity index (χ0n) is 7.48. The molecule has 1 aromatic heterocycles. The third-order valence-corrected chi connectivity index (χ3v) is 3.09. The molecule has 14 heavy (non-hydrogen) atoms. The average molecular weight is 235 g/mol. The molecule has 0 fully saturated rings. The van der Waals surface area contributed by atoms with Crippen LogP contribution in [0.25, 0.3) is 0 Å². The smallest absolute Gasteiger partial charge is 0.233 e. The number of rotatable bonds is 5. The Labute approximate surface area is 88.4 Å². The van der Waals surface area contributed by atoms with E-state index in [-0.39, 0.29) is 5.75 Å². The summed E-state index contributed by atoms with van der Waals surface area (Å²) < 4.78 is 25.1. The SMILES string of the molecule is O=S(=O)(CCCCl)Nc1ccccn1. The highest BCUT2D eigenvalue weighted by Crippen LogP contribution is 2.04. The highest BCUT2D eigenvalue weighted by Gasteiger charge is 2.09. The summed E-state index contributed by atoms with van der Waals surface area (Å²) >= 11 is 5.40. The fourth-order valence-electron chi connectivity index (χ4n) is 0.878. The van der Waals surface area contributed by atoms with Gasteiger partial charge in [-0.1, -0.05) is 6.07 Å². The Morgan fingerprint density at radius 1 is 1.43 bits per heavy atom. The van der Waals surface area contributed by atoms with Crippen LogP contribution in [0, 0.1) is 0 Å². The summed E-state index contributed by atoms with van der Waals surface area (Å²) in [5.74, 6) is 0.693. The van der Waals surface area contributed by atoms with Crippen LogP contribution in [0.5, 0.6) is 0 Å². The molecule has 6 heteroatoms. The molecule has 0 amide bonds. The molecule has 4 nitrogen and oxygen atoms in total. The minimum atomic E-state index is -3.29. The van der Waals surface area contributed by atoms with Gasteiger partial charge in [-0.2, -0.15) is 0 Å². The number of sulfonamides is 1. The van der Waals surface area contributed by atoms with Gasteiger partial charge in [0.25, 0.3) is 0 Å². The van der Waals surface area contributed by atoms with Crippen molar-refractivity contribution in [2.45, 2.75) is 6.42 Å². The summed E-state index contributed by atoms with van der Waals surface area (Å²) in [6.45, 7) is 0. The van der Waals surface area contributed by atoms with E-state index in [0.717, 1.165) is 0 Å². The zero-order chi connectivity index (χ0) is 10.4. The number of aromatic nitrogens is 1. The summed E-state index contributed by atoms with van der Waals surface area (Å²) in [5.41, 5.74) is 0. The van der Waals surface area contributed by atoms with Crippen molar-refractivity contribution in [3.63, 3.8) is 0 Å². The van der Waals surface area contributed by atoms with Gasteiger partial charge >= 0.3 is 0 Å². The Morgan fingerprint density at radius 2 is 2.21 bits per heavy atom. The van der Waals surface area contributed by atoms with Gasteiger partial charge in [0.15, 0.2) is 0 Å². The van der Waals surface area contributed by atoms with E-state index in [4.69, 9.17) is 11.6 Å². The molecule has 0 unspecified atom stereocenters. The van der Waals surface area contributed by atoms with Crippen molar-refractivity contribution < 1.29 is 8.42 Å². The lowest BCUT2D eigenvalue weighted by molar-refractivity contribution is 0.600. The molecule has 1 aromatic rings. The van der Waals surface area contributed by atoms with Gasteiger partial charge in [-0.25, -0.2) is 13.4 Å². The number of nitrogens with zero attached hydrogens (tertiary/aromatic N) is 1. The van der Waals surface area contributed by atoms with Crippen LogP contribution >= 0.6 is 11.6 Å². The monoisotopic (exact) mass is 234 g/mol. The lowest BCUT2D eigenvalue weighted by Gasteiger charge is -2.05. The van der Waals surface area contributed by atoms with E-state index in [1.54, 1.807) is 18.2 Å². The molecule has 0 aromatic carbocycles. The van der Waals surface area contributed by atoms with E-state index < -0.39 is 10.0 Å². The first-order valence-corrected chi connectivity index (χ1v) is 6.30. The number of pyridine rings is 1. The highest BCUT2D eigenvalue weighted by atomic mass is 35.5. The number of hydrogen-bond acceptors (Lipinski definition) is 3. The molecular formula is C8H11ClN2O2S. The minimum Gasteiger partial charge on any atom is -0.267 e. The molecule has 0 saturated heterocycles. The van der Waals surface area contributed by atoms with E-state index in [1.165, 1.54) is 6.20 Å². The maximum Gasteiger partial charge on any atom is 0.233 e. The molecule has 0 saturated carbocycles. The summed E-state index contributed by atoms with van der Waals surface area (Å²) in [5, 5.41) is 0. The van der Waals surface area contributed by atoms with Gasteiger partial charge in [0.2, 0.25) is 10.0 Å². The predicted molar refractivity (Wildman–Crippen MR) is 57.0 cm³/mol. The number of hydrogen-bond donors (Lipinski definition) is 1. The van der Waals surface area contributed by atoms with E-state index in [9.17, 15) is 8.42 Å². The van der Waals surface area contributed by atoms with Crippen LogP contribution in [0.15, 0.2) is 24.4 Å². The van der Waals surface area contributed by atoms with Crippen molar-refractivity contribution >= 4 is 27.4 Å². The summed E-state index contributed by atoms with van der Waals surface area (Å²) in [7, 11) is -3.29. The van der Waals surface area contributed by atoms with E-state index in [1.807, 2.05) is 0 Å². The van der Waals surface area contributed by atoms with Crippen molar-refractivity contribution in [2.24, 2.45) is 0 Å². The van der Waals surface area contributed by atoms with Crippen molar-refractivity contribution in [2.75, 3.05) is 16.4 Å². The standard InChI is InChI=1S/C8H11ClN2O2S/c9-5-3-7-14(12,13)11-8-4-1-2-6-10-8/h1-2,4,6H,3,5,7H2,(H,10,11). The van der Waals surface area contributed by atoms with Gasteiger partial charge in [-0.3, -0.25) is 4.72 Å². The van der Waals surface area contributed by atoms with Gasteiger partial charge in [0, 0.05) is 12.1 Å². The summed E-state index contributed by atoms with van der Waals surface area (Å²) in [6, 6.07) is 5.03. The molecule has 0 spiro atoms. The molecule has 0 radical (unpaired) electrons. The fourth-order valence-corrected chi connectivity index (χ4v) is 2.24. The molecule has 1 N–H and O–H groups in total. The lowest BCUT2D eigenvalue weighted by Crippen LogP contribution is -2.17. The second-order valence-corrected chi connectivity index (χ2v) is 4.90. The normalized spacial score (nSPS) is 11.2. The van der Waals surface area contributed by atoms with Crippen molar-refractivity contribution in [3.8, 4) is 0 Å². The van der Waals surface area contributed by atoms with Crippen LogP contribution in [0.1, 0.15) is 6.42 Å². The van der Waals surface area contributed by atoms with Gasteiger partial charge < -0.3 is 0 Å². The number of alkyl halides is 1. The third-order valence-electron chi connectivity index (χ3n) is 1.47. The molecule has 0 bridgehead atoms. The molecular weight excluding hydrogens is 224 g/mol. The van der Waals surface area contributed by atoms with Gasteiger partial charge in [0.1, 0.15) is 5.82 Å². The molecule has 0 aliphatic rings. The maximum absolute atomic E-state index is 11.3. The Hall–Kier alpha value is -0.810. The molecule has 78 valence electrons. The van der Waals surface area contributed by atoms with Crippen molar-refractivity contribution in [3.05, 3.63) is 24.4 Å². The lowest BCUT2D eigenvalue weighted by atomic mass is 10.5. The largest absolute Gasteiger partial charge is 0.267 e. The second-order valence-electron chi connectivity index (χ2n) is 2.68. The van der Waals surface area contributed by atoms with Gasteiger partial charge in [0.05, 0.1) is 5.75 Å². The van der Waals surface area contributed by atoms with Gasteiger partial charge in [-0.05, 0) is 18.6 Å². The number of nitrogens with one attached hydrogen (secondary N) is 1. The number of anilines is 1. The first kappa shape index (κ1) is 11.3. The topological polar surface area (TPSA) is 59.1 Å². The Balaban J connectivity index is 2.60. The highest BCUT2D eigenvalue weighted by molar-refractivity contribution is 7.92. The van der Waals surface area contributed by atoms with Gasteiger partial charge in [-0.15, -0.1) is 11.6 Å². The summed E-state index contributed by atoms with van der Waals surface area (Å²) in [6.07, 6.45) is 1.96. The molecule has 1 rings (SSSR count). The molecule has 0 aliphatic carbocycles.